The second kappa shape index (κ2) is 10.8. The quantitative estimate of drug-likeness (QED) is 0.299. The number of Topliss-reactive ketones (excluding diaryl/α,β-unsaturated/α-hetero) is 1. The molecule has 3 aromatic carbocycles. The van der Waals surface area contributed by atoms with Crippen LogP contribution in [0.4, 0.5) is 0 Å². The number of rotatable bonds is 8. The molecule has 0 aliphatic carbocycles. The van der Waals surface area contributed by atoms with Crippen LogP contribution in [0.5, 0.6) is 5.75 Å². The Kier molecular flexibility index (Phi) is 7.54. The SMILES string of the molecule is C[NH+](C)CCN1C(=O)C(=O)C(=C([O-])c2ccc(OCc3ccccc3)cc2)C1c1ccc(Cl)cc1. The number of nitrogens with zero attached hydrogens (tertiary/aromatic N) is 1. The number of benzene rings is 3. The van der Waals surface area contributed by atoms with E-state index in [2.05, 4.69) is 0 Å². The van der Waals surface area contributed by atoms with Gasteiger partial charge in [-0.2, -0.15) is 0 Å². The summed E-state index contributed by atoms with van der Waals surface area (Å²) in [5.41, 5.74) is 1.99. The zero-order chi connectivity index (χ0) is 24.9. The summed E-state index contributed by atoms with van der Waals surface area (Å²) in [4.78, 5) is 28.6. The average Bonchev–Trinajstić information content (AvgIpc) is 3.12. The maximum Gasteiger partial charge on any atom is 0.295 e. The van der Waals surface area contributed by atoms with Gasteiger partial charge in [0.25, 0.3) is 5.91 Å². The van der Waals surface area contributed by atoms with Crippen molar-refractivity contribution in [3.63, 3.8) is 0 Å². The smallest absolute Gasteiger partial charge is 0.295 e. The Bertz CT molecular complexity index is 1220. The first kappa shape index (κ1) is 24.5. The van der Waals surface area contributed by atoms with Crippen LogP contribution in [0, 0.1) is 0 Å². The minimum Gasteiger partial charge on any atom is -0.872 e. The van der Waals surface area contributed by atoms with Crippen molar-refractivity contribution < 1.29 is 24.3 Å². The molecule has 0 saturated carbocycles. The van der Waals surface area contributed by atoms with Crippen LogP contribution >= 0.6 is 11.6 Å². The lowest BCUT2D eigenvalue weighted by Crippen LogP contribution is -3.06. The molecule has 1 amide bonds. The fourth-order valence-electron chi connectivity index (χ4n) is 4.04. The molecule has 3 aromatic rings. The topological polar surface area (TPSA) is 74.1 Å². The highest BCUT2D eigenvalue weighted by atomic mass is 35.5. The third-order valence-electron chi connectivity index (χ3n) is 5.93. The Morgan fingerprint density at radius 2 is 1.63 bits per heavy atom. The molecular weight excluding hydrogens is 464 g/mol. The van der Waals surface area contributed by atoms with Crippen molar-refractivity contribution >= 4 is 29.1 Å². The number of ether oxygens (including phenoxy) is 1. The molecular formula is C28H27ClN2O4. The highest BCUT2D eigenvalue weighted by Gasteiger charge is 2.44. The lowest BCUT2D eigenvalue weighted by atomic mass is 9.95. The number of amides is 1. The number of likely N-dealkylation sites (N-methyl/N-ethyl adjacent to an activating group) is 1. The van der Waals surface area contributed by atoms with Gasteiger partial charge >= 0.3 is 0 Å². The Labute approximate surface area is 210 Å². The van der Waals surface area contributed by atoms with Crippen molar-refractivity contribution in [1.29, 1.82) is 0 Å². The van der Waals surface area contributed by atoms with Crippen molar-refractivity contribution in [2.75, 3.05) is 27.2 Å². The number of likely N-dealkylation sites (tertiary alicyclic amines) is 1. The molecule has 1 aliphatic rings. The largest absolute Gasteiger partial charge is 0.872 e. The van der Waals surface area contributed by atoms with Gasteiger partial charge in [-0.25, -0.2) is 0 Å². The van der Waals surface area contributed by atoms with E-state index >= 15 is 0 Å². The van der Waals surface area contributed by atoms with Gasteiger partial charge in [-0.3, -0.25) is 9.59 Å². The van der Waals surface area contributed by atoms with Crippen LogP contribution < -0.4 is 14.7 Å². The van der Waals surface area contributed by atoms with E-state index < -0.39 is 23.5 Å². The standard InChI is InChI=1S/C28H27ClN2O4/c1-30(2)16-17-31-25(20-8-12-22(29)13-9-20)24(27(33)28(31)34)26(32)21-10-14-23(15-11-21)35-18-19-6-4-3-5-7-19/h3-15,25,32H,16-18H2,1-2H3. The fraction of sp³-hybridized carbons (Fsp3) is 0.214. The molecule has 1 fully saturated rings. The van der Waals surface area contributed by atoms with Crippen LogP contribution in [0.25, 0.3) is 5.76 Å². The minimum absolute atomic E-state index is 0.0379. The lowest BCUT2D eigenvalue weighted by molar-refractivity contribution is -0.857. The molecule has 1 N–H and O–H groups in total. The van der Waals surface area contributed by atoms with Crippen LogP contribution in [-0.4, -0.2) is 43.8 Å². The highest BCUT2D eigenvalue weighted by molar-refractivity contribution is 6.46. The van der Waals surface area contributed by atoms with E-state index in [1.54, 1.807) is 48.5 Å². The van der Waals surface area contributed by atoms with Crippen molar-refractivity contribution in [2.45, 2.75) is 12.6 Å². The summed E-state index contributed by atoms with van der Waals surface area (Å²) in [6, 6.07) is 22.5. The van der Waals surface area contributed by atoms with Crippen molar-refractivity contribution in [2.24, 2.45) is 0 Å². The van der Waals surface area contributed by atoms with E-state index in [-0.39, 0.29) is 5.57 Å². The Hall–Kier alpha value is -3.61. The summed E-state index contributed by atoms with van der Waals surface area (Å²) in [7, 11) is 3.94. The molecule has 4 rings (SSSR count). The number of hydrogen-bond donors (Lipinski definition) is 1. The van der Waals surface area contributed by atoms with Gasteiger partial charge in [-0.05, 0) is 41.0 Å². The van der Waals surface area contributed by atoms with Gasteiger partial charge in [0.15, 0.2) is 0 Å². The number of carbonyl (C=O) groups is 2. The first-order valence-corrected chi connectivity index (χ1v) is 11.8. The van der Waals surface area contributed by atoms with Crippen molar-refractivity contribution in [3.05, 3.63) is 106 Å². The van der Waals surface area contributed by atoms with Gasteiger partial charge in [0, 0.05) is 10.6 Å². The summed E-state index contributed by atoms with van der Waals surface area (Å²) in [5, 5.41) is 14.1. The predicted octanol–water partition coefficient (Wildman–Crippen LogP) is 2.29. The second-order valence-corrected chi connectivity index (χ2v) is 9.22. The maximum atomic E-state index is 13.5. The average molecular weight is 491 g/mol. The van der Waals surface area contributed by atoms with E-state index in [1.165, 1.54) is 4.90 Å². The Balaban J connectivity index is 1.65. The number of quaternary nitrogens is 1. The molecule has 1 heterocycles. The molecule has 7 heteroatoms. The van der Waals surface area contributed by atoms with Gasteiger partial charge in [0.1, 0.15) is 12.4 Å². The molecule has 1 atom stereocenters. The van der Waals surface area contributed by atoms with Gasteiger partial charge in [-0.1, -0.05) is 72.0 Å². The number of nitrogens with one attached hydrogen (secondary N) is 1. The van der Waals surface area contributed by atoms with E-state index in [1.807, 2.05) is 44.4 Å². The van der Waals surface area contributed by atoms with E-state index in [4.69, 9.17) is 16.3 Å². The summed E-state index contributed by atoms with van der Waals surface area (Å²) >= 11 is 6.05. The Morgan fingerprint density at radius 3 is 2.26 bits per heavy atom. The van der Waals surface area contributed by atoms with Crippen LogP contribution in [0.15, 0.2) is 84.4 Å². The number of hydrogen-bond acceptors (Lipinski definition) is 4. The van der Waals surface area contributed by atoms with Crippen LogP contribution in [0.2, 0.25) is 5.02 Å². The maximum absolute atomic E-state index is 13.5. The predicted molar refractivity (Wildman–Crippen MR) is 133 cm³/mol. The monoisotopic (exact) mass is 490 g/mol. The van der Waals surface area contributed by atoms with E-state index in [0.717, 1.165) is 10.5 Å². The number of halogens is 1. The van der Waals surface area contributed by atoms with Crippen molar-refractivity contribution in [1.82, 2.24) is 4.90 Å². The van der Waals surface area contributed by atoms with Gasteiger partial charge in [0.2, 0.25) is 5.78 Å². The number of carbonyl (C=O) groups excluding carboxylic acids is 2. The molecule has 35 heavy (non-hydrogen) atoms. The summed E-state index contributed by atoms with van der Waals surface area (Å²) in [5.74, 6) is -1.27. The van der Waals surface area contributed by atoms with Crippen LogP contribution in [-0.2, 0) is 16.2 Å². The molecule has 1 aliphatic heterocycles. The normalized spacial score (nSPS) is 17.3. The summed E-state index contributed by atoms with van der Waals surface area (Å²) in [6.45, 7) is 1.39. The first-order chi connectivity index (χ1) is 16.8. The fourth-order valence-corrected chi connectivity index (χ4v) is 4.16. The third-order valence-corrected chi connectivity index (χ3v) is 6.18. The van der Waals surface area contributed by atoms with E-state index in [9.17, 15) is 14.7 Å². The Morgan fingerprint density at radius 1 is 0.971 bits per heavy atom. The van der Waals surface area contributed by atoms with Crippen LogP contribution in [0.3, 0.4) is 0 Å². The highest BCUT2D eigenvalue weighted by Crippen LogP contribution is 2.38. The van der Waals surface area contributed by atoms with Crippen molar-refractivity contribution in [3.8, 4) is 5.75 Å². The molecule has 180 valence electrons. The van der Waals surface area contributed by atoms with E-state index in [0.29, 0.717) is 41.6 Å². The molecule has 0 radical (unpaired) electrons. The zero-order valence-electron chi connectivity index (χ0n) is 19.7. The molecule has 6 nitrogen and oxygen atoms in total. The summed E-state index contributed by atoms with van der Waals surface area (Å²) in [6.07, 6.45) is 0. The first-order valence-electron chi connectivity index (χ1n) is 11.4. The molecule has 1 saturated heterocycles. The second-order valence-electron chi connectivity index (χ2n) is 8.78. The summed E-state index contributed by atoms with van der Waals surface area (Å²) < 4.78 is 5.80. The minimum atomic E-state index is -0.756. The zero-order valence-corrected chi connectivity index (χ0v) is 20.4. The molecule has 0 spiro atoms. The number of ketones is 1. The molecule has 0 aromatic heterocycles. The van der Waals surface area contributed by atoms with Crippen LogP contribution in [0.1, 0.15) is 22.7 Å². The van der Waals surface area contributed by atoms with Gasteiger partial charge in [0.05, 0.1) is 33.2 Å². The molecule has 0 bridgehead atoms. The third kappa shape index (κ3) is 5.56. The molecule has 1 unspecified atom stereocenters. The van der Waals surface area contributed by atoms with Gasteiger partial charge < -0.3 is 19.6 Å². The van der Waals surface area contributed by atoms with Gasteiger partial charge in [-0.15, -0.1) is 0 Å². The lowest BCUT2D eigenvalue weighted by Gasteiger charge is -2.27.